The summed E-state index contributed by atoms with van der Waals surface area (Å²) >= 11 is 0. The zero-order valence-corrected chi connectivity index (χ0v) is 9.11. The summed E-state index contributed by atoms with van der Waals surface area (Å²) in [5, 5.41) is 10.7. The van der Waals surface area contributed by atoms with Crippen LogP contribution in [0.2, 0.25) is 0 Å². The van der Waals surface area contributed by atoms with E-state index in [2.05, 4.69) is 4.74 Å². The molecule has 0 spiro atoms. The first kappa shape index (κ1) is 13.7. The standard InChI is InChI=1S/C9H8F2N2O5/c1-18-6(15)3-4-2-5(14)12-7(9(10)11)8(4)13(16)17/h2,9H,3H2,1H3,(H,12,14). The number of nitro groups is 1. The van der Waals surface area contributed by atoms with E-state index in [0.717, 1.165) is 13.2 Å². The van der Waals surface area contributed by atoms with Crippen LogP contribution in [-0.4, -0.2) is 23.0 Å². The maximum Gasteiger partial charge on any atom is 0.310 e. The molecule has 0 amide bonds. The summed E-state index contributed by atoms with van der Waals surface area (Å²) in [5.74, 6) is -0.871. The molecular weight excluding hydrogens is 254 g/mol. The minimum absolute atomic E-state index is 0.411. The molecule has 0 aliphatic carbocycles. The number of aromatic nitrogens is 1. The number of carbonyl (C=O) groups is 1. The number of halogens is 2. The topological polar surface area (TPSA) is 102 Å². The number of rotatable bonds is 4. The fourth-order valence-electron chi connectivity index (χ4n) is 1.36. The molecule has 1 rings (SSSR count). The van der Waals surface area contributed by atoms with Crippen molar-refractivity contribution in [1.82, 2.24) is 4.98 Å². The first-order valence-electron chi connectivity index (χ1n) is 4.62. The Labute approximate surface area is 98.5 Å². The van der Waals surface area contributed by atoms with Crippen LogP contribution in [0, 0.1) is 10.1 Å². The van der Waals surface area contributed by atoms with Crippen molar-refractivity contribution in [3.8, 4) is 0 Å². The Hall–Kier alpha value is -2.32. The highest BCUT2D eigenvalue weighted by atomic mass is 19.3. The number of esters is 1. The Morgan fingerprint density at radius 2 is 2.22 bits per heavy atom. The Balaban J connectivity index is 3.43. The Kier molecular flexibility index (Phi) is 4.08. The molecule has 0 radical (unpaired) electrons. The van der Waals surface area contributed by atoms with Gasteiger partial charge in [0.1, 0.15) is 0 Å². The molecule has 1 heterocycles. The van der Waals surface area contributed by atoms with Crippen molar-refractivity contribution in [3.63, 3.8) is 0 Å². The fraction of sp³-hybridized carbons (Fsp3) is 0.333. The van der Waals surface area contributed by atoms with Gasteiger partial charge in [-0.05, 0) is 0 Å². The van der Waals surface area contributed by atoms with Gasteiger partial charge in [0.05, 0.1) is 18.5 Å². The maximum atomic E-state index is 12.6. The molecule has 0 aromatic carbocycles. The number of H-pyrrole nitrogens is 1. The lowest BCUT2D eigenvalue weighted by atomic mass is 10.1. The van der Waals surface area contributed by atoms with E-state index in [1.807, 2.05) is 0 Å². The predicted octanol–water partition coefficient (Wildman–Crippen LogP) is 0.936. The number of hydrogen-bond acceptors (Lipinski definition) is 5. The lowest BCUT2D eigenvalue weighted by Gasteiger charge is -2.06. The highest BCUT2D eigenvalue weighted by molar-refractivity contribution is 5.74. The van der Waals surface area contributed by atoms with Gasteiger partial charge in [-0.1, -0.05) is 0 Å². The number of alkyl halides is 2. The lowest BCUT2D eigenvalue weighted by Crippen LogP contribution is -2.16. The predicted molar refractivity (Wildman–Crippen MR) is 54.4 cm³/mol. The molecule has 0 bridgehead atoms. The van der Waals surface area contributed by atoms with Gasteiger partial charge in [-0.25, -0.2) is 8.78 Å². The number of nitrogens with one attached hydrogen (secondary N) is 1. The molecule has 0 saturated carbocycles. The van der Waals surface area contributed by atoms with Crippen LogP contribution in [0.5, 0.6) is 0 Å². The molecule has 1 aromatic heterocycles. The van der Waals surface area contributed by atoms with Crippen molar-refractivity contribution in [2.75, 3.05) is 7.11 Å². The van der Waals surface area contributed by atoms with Crippen LogP contribution in [0.15, 0.2) is 10.9 Å². The third-order valence-corrected chi connectivity index (χ3v) is 2.09. The normalized spacial score (nSPS) is 10.4. The molecule has 18 heavy (non-hydrogen) atoms. The third kappa shape index (κ3) is 2.87. The molecule has 1 aromatic rings. The number of hydrogen-bond donors (Lipinski definition) is 1. The maximum absolute atomic E-state index is 12.6. The van der Waals surface area contributed by atoms with E-state index in [4.69, 9.17) is 0 Å². The SMILES string of the molecule is COC(=O)Cc1cc(=O)[nH]c(C(F)F)c1[N+](=O)[O-]. The van der Waals surface area contributed by atoms with Crippen LogP contribution in [0.4, 0.5) is 14.5 Å². The smallest absolute Gasteiger partial charge is 0.310 e. The highest BCUT2D eigenvalue weighted by Gasteiger charge is 2.28. The molecule has 98 valence electrons. The first-order valence-corrected chi connectivity index (χ1v) is 4.62. The van der Waals surface area contributed by atoms with Gasteiger partial charge in [0.25, 0.3) is 12.1 Å². The molecule has 0 aliphatic heterocycles. The minimum Gasteiger partial charge on any atom is -0.469 e. The van der Waals surface area contributed by atoms with Gasteiger partial charge in [-0.2, -0.15) is 0 Å². The second kappa shape index (κ2) is 5.34. The van der Waals surface area contributed by atoms with Crippen molar-refractivity contribution >= 4 is 11.7 Å². The molecule has 7 nitrogen and oxygen atoms in total. The summed E-state index contributed by atoms with van der Waals surface area (Å²) in [5.41, 5.74) is -3.46. The molecule has 1 N–H and O–H groups in total. The quantitative estimate of drug-likeness (QED) is 0.494. The summed E-state index contributed by atoms with van der Waals surface area (Å²) in [6.45, 7) is 0. The van der Waals surface area contributed by atoms with Crippen molar-refractivity contribution in [2.45, 2.75) is 12.8 Å². The van der Waals surface area contributed by atoms with Crippen LogP contribution in [0.25, 0.3) is 0 Å². The number of nitrogens with zero attached hydrogens (tertiary/aromatic N) is 1. The lowest BCUT2D eigenvalue weighted by molar-refractivity contribution is -0.387. The Morgan fingerprint density at radius 3 is 2.67 bits per heavy atom. The number of aromatic amines is 1. The van der Waals surface area contributed by atoms with Crippen molar-refractivity contribution < 1.29 is 23.2 Å². The second-order valence-electron chi connectivity index (χ2n) is 3.23. The first-order chi connectivity index (χ1) is 8.36. The van der Waals surface area contributed by atoms with Gasteiger partial charge >= 0.3 is 5.97 Å². The van der Waals surface area contributed by atoms with Gasteiger partial charge in [-0.15, -0.1) is 0 Å². The summed E-state index contributed by atoms with van der Waals surface area (Å²) in [4.78, 5) is 33.4. The molecular formula is C9H8F2N2O5. The van der Waals surface area contributed by atoms with Gasteiger partial charge in [0.15, 0.2) is 5.69 Å². The largest absolute Gasteiger partial charge is 0.469 e. The van der Waals surface area contributed by atoms with Gasteiger partial charge in [0.2, 0.25) is 5.56 Å². The molecule has 9 heteroatoms. The van der Waals surface area contributed by atoms with Gasteiger partial charge in [0, 0.05) is 11.6 Å². The van der Waals surface area contributed by atoms with Crippen LogP contribution in [0.1, 0.15) is 17.7 Å². The number of carbonyl (C=O) groups excluding carboxylic acids is 1. The van der Waals surface area contributed by atoms with E-state index < -0.39 is 46.2 Å². The highest BCUT2D eigenvalue weighted by Crippen LogP contribution is 2.29. The Bertz CT molecular complexity index is 540. The van der Waals surface area contributed by atoms with Crippen molar-refractivity contribution in [3.05, 3.63) is 37.8 Å². The minimum atomic E-state index is -3.23. The molecule has 0 aliphatic rings. The van der Waals surface area contributed by atoms with E-state index in [0.29, 0.717) is 0 Å². The van der Waals surface area contributed by atoms with Crippen molar-refractivity contribution in [1.29, 1.82) is 0 Å². The zero-order chi connectivity index (χ0) is 13.9. The van der Waals surface area contributed by atoms with Gasteiger partial charge in [-0.3, -0.25) is 19.7 Å². The van der Waals surface area contributed by atoms with Crippen LogP contribution in [0.3, 0.4) is 0 Å². The average molecular weight is 262 g/mol. The molecule has 0 atom stereocenters. The molecule has 0 unspecified atom stereocenters. The van der Waals surface area contributed by atoms with Crippen molar-refractivity contribution in [2.24, 2.45) is 0 Å². The van der Waals surface area contributed by atoms with Gasteiger partial charge < -0.3 is 9.72 Å². The summed E-state index contributed by atoms with van der Waals surface area (Å²) in [6, 6.07) is 0.723. The summed E-state index contributed by atoms with van der Waals surface area (Å²) < 4.78 is 29.4. The zero-order valence-electron chi connectivity index (χ0n) is 9.11. The third-order valence-electron chi connectivity index (χ3n) is 2.09. The number of pyridine rings is 1. The number of ether oxygens (including phenoxy) is 1. The summed E-state index contributed by atoms with van der Waals surface area (Å²) in [7, 11) is 1.04. The summed E-state index contributed by atoms with van der Waals surface area (Å²) in [6.07, 6.45) is -3.85. The molecule has 0 fully saturated rings. The van der Waals surface area contributed by atoms with Crippen LogP contribution >= 0.6 is 0 Å². The Morgan fingerprint density at radius 1 is 1.61 bits per heavy atom. The fourth-order valence-corrected chi connectivity index (χ4v) is 1.36. The second-order valence-corrected chi connectivity index (χ2v) is 3.23. The van der Waals surface area contributed by atoms with E-state index in [1.165, 1.54) is 0 Å². The van der Waals surface area contributed by atoms with Crippen LogP contribution in [-0.2, 0) is 16.0 Å². The van der Waals surface area contributed by atoms with Crippen LogP contribution < -0.4 is 5.56 Å². The van der Waals surface area contributed by atoms with E-state index in [-0.39, 0.29) is 0 Å². The monoisotopic (exact) mass is 262 g/mol. The van der Waals surface area contributed by atoms with E-state index in [1.54, 1.807) is 4.98 Å². The number of methoxy groups -OCH3 is 1. The van der Waals surface area contributed by atoms with E-state index >= 15 is 0 Å². The van der Waals surface area contributed by atoms with E-state index in [9.17, 15) is 28.5 Å². The average Bonchev–Trinajstić information content (AvgIpc) is 2.27. The molecule has 0 saturated heterocycles.